The number of nitrogens with zero attached hydrogens (tertiary/aromatic N) is 1. The van der Waals surface area contributed by atoms with E-state index in [2.05, 4.69) is 0 Å². The van der Waals surface area contributed by atoms with E-state index in [4.69, 9.17) is 4.21 Å². The molecule has 0 amide bonds. The van der Waals surface area contributed by atoms with Crippen molar-refractivity contribution >= 4 is 27.4 Å². The molecule has 0 bridgehead atoms. The standard InChI is InChI=1S/C15H20NO3PSi/c1-21(2,3)19-20(17,18)16(14-10-6-4-7-11-14)15-12-8-5-9-13-15/h4-13H,1-3H3,(H,17,18). The lowest BCUT2D eigenvalue weighted by atomic mass is 10.3. The van der Waals surface area contributed by atoms with E-state index in [1.807, 2.05) is 56.0 Å². The van der Waals surface area contributed by atoms with Crippen molar-refractivity contribution < 1.29 is 13.7 Å². The van der Waals surface area contributed by atoms with Gasteiger partial charge in [-0.3, -0.25) is 0 Å². The minimum absolute atomic E-state index is 0.632. The summed E-state index contributed by atoms with van der Waals surface area (Å²) in [6, 6.07) is 18.3. The molecule has 1 unspecified atom stereocenters. The van der Waals surface area contributed by atoms with Gasteiger partial charge < -0.3 is 9.11 Å². The zero-order valence-corrected chi connectivity index (χ0v) is 14.3. The highest BCUT2D eigenvalue weighted by Gasteiger charge is 2.36. The van der Waals surface area contributed by atoms with Gasteiger partial charge in [0.15, 0.2) is 8.32 Å². The average molecular weight is 321 g/mol. The van der Waals surface area contributed by atoms with Crippen molar-refractivity contribution in [2.45, 2.75) is 19.6 Å². The van der Waals surface area contributed by atoms with E-state index in [-0.39, 0.29) is 0 Å². The minimum Gasteiger partial charge on any atom is -0.335 e. The molecule has 2 rings (SSSR count). The second-order valence-electron chi connectivity index (χ2n) is 5.68. The van der Waals surface area contributed by atoms with Gasteiger partial charge in [-0.1, -0.05) is 36.4 Å². The van der Waals surface area contributed by atoms with Crippen LogP contribution in [0.15, 0.2) is 60.7 Å². The molecule has 0 aliphatic heterocycles. The molecule has 0 fully saturated rings. The zero-order valence-electron chi connectivity index (χ0n) is 12.4. The van der Waals surface area contributed by atoms with Gasteiger partial charge in [-0.2, -0.15) is 0 Å². The molecule has 0 aliphatic rings. The van der Waals surface area contributed by atoms with Crippen molar-refractivity contribution in [1.29, 1.82) is 0 Å². The van der Waals surface area contributed by atoms with Crippen LogP contribution in [0.25, 0.3) is 0 Å². The SMILES string of the molecule is C[Si](C)(C)OP(=O)(O)N(c1ccccc1)c1ccccc1. The van der Waals surface area contributed by atoms with Crippen molar-refractivity contribution in [3.8, 4) is 0 Å². The van der Waals surface area contributed by atoms with Gasteiger partial charge in [0.1, 0.15) is 0 Å². The maximum absolute atomic E-state index is 12.8. The summed E-state index contributed by atoms with van der Waals surface area (Å²) in [6.45, 7) is 5.68. The summed E-state index contributed by atoms with van der Waals surface area (Å²) in [5.41, 5.74) is 1.26. The normalized spacial score (nSPS) is 14.5. The van der Waals surface area contributed by atoms with Gasteiger partial charge in [0, 0.05) is 0 Å². The summed E-state index contributed by atoms with van der Waals surface area (Å²) in [7, 11) is -6.15. The summed E-state index contributed by atoms with van der Waals surface area (Å²) >= 11 is 0. The van der Waals surface area contributed by atoms with Gasteiger partial charge in [0.05, 0.1) is 11.4 Å². The first-order valence-corrected chi connectivity index (χ1v) is 11.7. The predicted molar refractivity (Wildman–Crippen MR) is 89.3 cm³/mol. The largest absolute Gasteiger partial charge is 0.427 e. The number of para-hydroxylation sites is 2. The van der Waals surface area contributed by atoms with Crippen LogP contribution in [0.4, 0.5) is 11.4 Å². The molecule has 2 aromatic carbocycles. The Kier molecular flexibility index (Phi) is 4.69. The third-order valence-corrected chi connectivity index (χ3v) is 6.76. The van der Waals surface area contributed by atoms with Crippen LogP contribution in [-0.4, -0.2) is 13.2 Å². The lowest BCUT2D eigenvalue weighted by Gasteiger charge is -2.32. The highest BCUT2D eigenvalue weighted by Crippen LogP contribution is 2.55. The molecule has 21 heavy (non-hydrogen) atoms. The van der Waals surface area contributed by atoms with Gasteiger partial charge in [0.2, 0.25) is 0 Å². The van der Waals surface area contributed by atoms with Gasteiger partial charge in [-0.25, -0.2) is 9.24 Å². The number of hydrogen-bond acceptors (Lipinski definition) is 2. The molecule has 2 aromatic rings. The molecular formula is C15H20NO3PSi. The summed E-state index contributed by atoms with van der Waals surface area (Å²) in [5, 5.41) is 0. The number of anilines is 2. The van der Waals surface area contributed by atoms with Crippen molar-refractivity contribution in [3.05, 3.63) is 60.7 Å². The van der Waals surface area contributed by atoms with E-state index in [9.17, 15) is 9.46 Å². The van der Waals surface area contributed by atoms with Crippen LogP contribution in [0.3, 0.4) is 0 Å². The molecule has 1 N–H and O–H groups in total. The summed E-state index contributed by atoms with van der Waals surface area (Å²) in [6.07, 6.45) is 0. The van der Waals surface area contributed by atoms with Gasteiger partial charge in [-0.05, 0) is 43.9 Å². The first-order valence-electron chi connectivity index (χ1n) is 6.74. The molecular weight excluding hydrogens is 301 g/mol. The molecule has 0 heterocycles. The number of rotatable bonds is 5. The predicted octanol–water partition coefficient (Wildman–Crippen LogP) is 4.78. The van der Waals surface area contributed by atoms with E-state index in [0.29, 0.717) is 11.4 Å². The fourth-order valence-electron chi connectivity index (χ4n) is 1.98. The Labute approximate surface area is 126 Å². The van der Waals surface area contributed by atoms with Crippen molar-refractivity contribution in [3.63, 3.8) is 0 Å². The molecule has 6 heteroatoms. The summed E-state index contributed by atoms with van der Waals surface area (Å²) in [4.78, 5) is 10.5. The van der Waals surface area contributed by atoms with Gasteiger partial charge in [0.25, 0.3) is 0 Å². The fraction of sp³-hybridized carbons (Fsp3) is 0.200. The third kappa shape index (κ3) is 4.28. The van der Waals surface area contributed by atoms with Crippen LogP contribution in [0.2, 0.25) is 19.6 Å². The van der Waals surface area contributed by atoms with Crippen LogP contribution in [0.1, 0.15) is 0 Å². The molecule has 0 aliphatic carbocycles. The lowest BCUT2D eigenvalue weighted by molar-refractivity contribution is 0.378. The van der Waals surface area contributed by atoms with Gasteiger partial charge in [-0.15, -0.1) is 0 Å². The highest BCUT2D eigenvalue weighted by atomic mass is 31.2. The van der Waals surface area contributed by atoms with E-state index < -0.39 is 16.1 Å². The smallest absolute Gasteiger partial charge is 0.335 e. The van der Waals surface area contributed by atoms with E-state index in [1.165, 1.54) is 4.67 Å². The van der Waals surface area contributed by atoms with E-state index in [1.54, 1.807) is 24.3 Å². The van der Waals surface area contributed by atoms with Crippen molar-refractivity contribution in [2.75, 3.05) is 4.67 Å². The second-order valence-corrected chi connectivity index (χ2v) is 12.0. The van der Waals surface area contributed by atoms with Crippen LogP contribution in [-0.2, 0) is 8.78 Å². The first-order chi connectivity index (χ1) is 9.80. The maximum Gasteiger partial charge on any atom is 0.427 e. The fourth-order valence-corrected chi connectivity index (χ4v) is 6.01. The molecule has 0 spiro atoms. The van der Waals surface area contributed by atoms with Crippen LogP contribution < -0.4 is 4.67 Å². The van der Waals surface area contributed by atoms with Crippen molar-refractivity contribution in [2.24, 2.45) is 0 Å². The molecule has 112 valence electrons. The van der Waals surface area contributed by atoms with E-state index in [0.717, 1.165) is 0 Å². The Morgan fingerprint density at radius 1 is 0.905 bits per heavy atom. The second kappa shape index (κ2) is 6.16. The Bertz CT molecular complexity index is 589. The number of hydrogen-bond donors (Lipinski definition) is 1. The quantitative estimate of drug-likeness (QED) is 0.636. The van der Waals surface area contributed by atoms with E-state index >= 15 is 0 Å². The number of benzene rings is 2. The highest BCUT2D eigenvalue weighted by molar-refractivity contribution is 7.56. The Hall–Kier alpha value is -1.39. The molecule has 0 saturated heterocycles. The Balaban J connectivity index is 2.50. The van der Waals surface area contributed by atoms with Crippen molar-refractivity contribution in [1.82, 2.24) is 0 Å². The monoisotopic (exact) mass is 321 g/mol. The average Bonchev–Trinajstić information content (AvgIpc) is 2.38. The first kappa shape index (κ1) is 16.0. The Morgan fingerprint density at radius 2 is 1.29 bits per heavy atom. The topological polar surface area (TPSA) is 49.8 Å². The third-order valence-electron chi connectivity index (χ3n) is 2.65. The zero-order chi connectivity index (χ0) is 15.5. The molecule has 4 nitrogen and oxygen atoms in total. The van der Waals surface area contributed by atoms with Gasteiger partial charge >= 0.3 is 7.75 Å². The summed E-state index contributed by atoms with van der Waals surface area (Å²) in [5.74, 6) is 0. The Morgan fingerprint density at radius 3 is 1.62 bits per heavy atom. The van der Waals surface area contributed by atoms with Crippen LogP contribution >= 0.6 is 7.75 Å². The van der Waals surface area contributed by atoms with Crippen LogP contribution in [0.5, 0.6) is 0 Å². The molecule has 0 aromatic heterocycles. The molecule has 0 saturated carbocycles. The molecule has 1 atom stereocenters. The lowest BCUT2D eigenvalue weighted by Crippen LogP contribution is -2.28. The maximum atomic E-state index is 12.8. The van der Waals surface area contributed by atoms with Crippen LogP contribution in [0, 0.1) is 0 Å². The molecule has 0 radical (unpaired) electrons. The minimum atomic E-state index is -3.97. The summed E-state index contributed by atoms with van der Waals surface area (Å²) < 4.78 is 19.8.